The summed E-state index contributed by atoms with van der Waals surface area (Å²) in [6.07, 6.45) is 39.7. The molecule has 0 spiro atoms. The van der Waals surface area contributed by atoms with Crippen LogP contribution >= 0.6 is 0 Å². The van der Waals surface area contributed by atoms with Crippen LogP contribution in [-0.2, 0) is 48.5 Å². The van der Waals surface area contributed by atoms with Crippen molar-refractivity contribution in [1.29, 1.82) is 0 Å². The molecule has 0 aliphatic rings. The van der Waals surface area contributed by atoms with Crippen molar-refractivity contribution in [3.63, 3.8) is 0 Å². The Hall–Kier alpha value is 0.187. The molecule has 0 amide bonds. The molecule has 0 aromatic heterocycles. The van der Waals surface area contributed by atoms with E-state index in [4.69, 9.17) is 0 Å². The number of carboxylic acids is 2. The minimum absolute atomic E-state index is 0. The maximum Gasteiger partial charge on any atom is 2.00 e. The first-order valence-electron chi connectivity index (χ1n) is 17.9. The van der Waals surface area contributed by atoms with Crippen molar-refractivity contribution in [3.05, 3.63) is 0 Å². The van der Waals surface area contributed by atoms with Gasteiger partial charge in [-0.2, -0.15) is 0 Å². The number of unbranched alkanes of at least 4 members (excludes halogenated alkanes) is 28. The molecule has 0 rings (SSSR count). The van der Waals surface area contributed by atoms with E-state index in [9.17, 15) is 19.8 Å². The third-order valence-corrected chi connectivity index (χ3v) is 7.97. The van der Waals surface area contributed by atoms with Crippen molar-refractivity contribution in [1.82, 2.24) is 0 Å². The van der Waals surface area contributed by atoms with Gasteiger partial charge in [0.05, 0.1) is 0 Å². The molecule has 0 bridgehead atoms. The van der Waals surface area contributed by atoms with E-state index in [1.165, 1.54) is 167 Å². The van der Waals surface area contributed by atoms with Crippen LogP contribution in [0.3, 0.4) is 0 Å². The Morgan fingerprint density at radius 3 is 0.595 bits per heavy atom. The van der Waals surface area contributed by atoms with Crippen LogP contribution in [-0.4, -0.2) is 11.9 Å². The standard InChI is InChI=1S/2C18H36O2.2Zn/c2*1-2-3-4-5-6-7-8-9-10-11-12-13-14-15-16-17-18(19)20;;/h2*2-17H2,1H3,(H,19,20);;/q;;2*+2/p-2. The Kier molecular flexibility index (Phi) is 53.3. The van der Waals surface area contributed by atoms with Crippen LogP contribution in [0.15, 0.2) is 0 Å². The fourth-order valence-electron chi connectivity index (χ4n) is 5.28. The van der Waals surface area contributed by atoms with E-state index in [0.29, 0.717) is 0 Å². The van der Waals surface area contributed by atoms with Gasteiger partial charge < -0.3 is 19.8 Å². The number of hydrogen-bond acceptors (Lipinski definition) is 4. The van der Waals surface area contributed by atoms with Crippen LogP contribution in [0.4, 0.5) is 0 Å². The van der Waals surface area contributed by atoms with Gasteiger partial charge in [-0.05, 0) is 25.7 Å². The quantitative estimate of drug-likeness (QED) is 0.0518. The molecule has 0 fully saturated rings. The van der Waals surface area contributed by atoms with Gasteiger partial charge in [0.25, 0.3) is 0 Å². The van der Waals surface area contributed by atoms with Gasteiger partial charge in [-0.25, -0.2) is 0 Å². The van der Waals surface area contributed by atoms with Gasteiger partial charge in [0.1, 0.15) is 0 Å². The zero-order valence-corrected chi connectivity index (χ0v) is 34.6. The Bertz CT molecular complexity index is 459. The number of carboxylic acid groups (broad SMARTS) is 2. The average Bonchev–Trinajstić information content (AvgIpc) is 2.93. The molecular formula is C36H70O4Zn2+2. The van der Waals surface area contributed by atoms with Crippen LogP contribution in [0.1, 0.15) is 219 Å². The van der Waals surface area contributed by atoms with Gasteiger partial charge in [-0.1, -0.05) is 194 Å². The van der Waals surface area contributed by atoms with Gasteiger partial charge in [0.15, 0.2) is 0 Å². The number of carbonyl (C=O) groups excluding carboxylic acids is 2. The first-order chi connectivity index (χ1) is 19.5. The fraction of sp³-hybridized carbons (Fsp3) is 0.944. The van der Waals surface area contributed by atoms with Crippen molar-refractivity contribution in [2.45, 2.75) is 219 Å². The molecule has 0 aromatic carbocycles. The van der Waals surface area contributed by atoms with Gasteiger partial charge in [0, 0.05) is 11.9 Å². The molecule has 0 unspecified atom stereocenters. The van der Waals surface area contributed by atoms with Crippen LogP contribution in [0.5, 0.6) is 0 Å². The molecule has 0 atom stereocenters. The van der Waals surface area contributed by atoms with E-state index in [-0.39, 0.29) is 51.8 Å². The summed E-state index contributed by atoms with van der Waals surface area (Å²) in [6, 6.07) is 0. The Labute approximate surface area is 288 Å². The van der Waals surface area contributed by atoms with E-state index in [1.54, 1.807) is 0 Å². The van der Waals surface area contributed by atoms with E-state index in [2.05, 4.69) is 13.8 Å². The molecule has 0 heterocycles. The maximum atomic E-state index is 10.2. The molecule has 0 saturated heterocycles. The average molecular weight is 698 g/mol. The SMILES string of the molecule is CCCCCCCCCCCCCCCCCC(=O)[O-].CCCCCCCCCCCCCCCCCC(=O)[O-].[Zn+2].[Zn+2]. The summed E-state index contributed by atoms with van der Waals surface area (Å²) in [5.74, 6) is -1.81. The van der Waals surface area contributed by atoms with E-state index < -0.39 is 11.9 Å². The Morgan fingerprint density at radius 1 is 0.310 bits per heavy atom. The second-order valence-corrected chi connectivity index (χ2v) is 12.1. The second-order valence-electron chi connectivity index (χ2n) is 12.1. The Morgan fingerprint density at radius 2 is 0.452 bits per heavy atom. The van der Waals surface area contributed by atoms with Crippen molar-refractivity contribution >= 4 is 11.9 Å². The summed E-state index contributed by atoms with van der Waals surface area (Å²) < 4.78 is 0. The smallest absolute Gasteiger partial charge is 0.550 e. The molecule has 6 heteroatoms. The molecule has 0 N–H and O–H groups in total. The molecule has 4 nitrogen and oxygen atoms in total. The van der Waals surface area contributed by atoms with Crippen LogP contribution in [0.25, 0.3) is 0 Å². The molecule has 0 saturated carbocycles. The van der Waals surface area contributed by atoms with Crippen LogP contribution in [0.2, 0.25) is 0 Å². The third-order valence-electron chi connectivity index (χ3n) is 7.97. The van der Waals surface area contributed by atoms with E-state index >= 15 is 0 Å². The minimum atomic E-state index is -0.903. The van der Waals surface area contributed by atoms with Gasteiger partial charge in [-0.15, -0.1) is 0 Å². The molecule has 0 aliphatic heterocycles. The largest absolute Gasteiger partial charge is 2.00 e. The molecule has 0 aromatic rings. The van der Waals surface area contributed by atoms with Crippen molar-refractivity contribution in [2.75, 3.05) is 0 Å². The fourth-order valence-corrected chi connectivity index (χ4v) is 5.28. The zero-order chi connectivity index (χ0) is 29.8. The summed E-state index contributed by atoms with van der Waals surface area (Å²) in [5.41, 5.74) is 0. The molecule has 0 aliphatic carbocycles. The summed E-state index contributed by atoms with van der Waals surface area (Å²) in [7, 11) is 0. The summed E-state index contributed by atoms with van der Waals surface area (Å²) >= 11 is 0. The second kappa shape index (κ2) is 45.6. The summed E-state index contributed by atoms with van der Waals surface area (Å²) in [5, 5.41) is 20.4. The van der Waals surface area contributed by atoms with E-state index in [0.717, 1.165) is 25.7 Å². The molecule has 42 heavy (non-hydrogen) atoms. The number of aliphatic carboxylic acids is 2. The minimum Gasteiger partial charge on any atom is -0.550 e. The van der Waals surface area contributed by atoms with Gasteiger partial charge in [0.2, 0.25) is 0 Å². The Balaban J connectivity index is -0.000000328. The monoisotopic (exact) mass is 694 g/mol. The number of hydrogen-bond donors (Lipinski definition) is 0. The topological polar surface area (TPSA) is 80.3 Å². The molecule has 0 radical (unpaired) electrons. The van der Waals surface area contributed by atoms with Gasteiger partial charge in [-0.3, -0.25) is 0 Å². The third kappa shape index (κ3) is 52.8. The van der Waals surface area contributed by atoms with Crippen LogP contribution < -0.4 is 10.2 Å². The predicted molar refractivity (Wildman–Crippen MR) is 169 cm³/mol. The van der Waals surface area contributed by atoms with Crippen molar-refractivity contribution in [2.24, 2.45) is 0 Å². The van der Waals surface area contributed by atoms with Crippen molar-refractivity contribution in [3.8, 4) is 0 Å². The predicted octanol–water partition coefficient (Wildman–Crippen LogP) is 9.99. The van der Waals surface area contributed by atoms with E-state index in [1.807, 2.05) is 0 Å². The number of rotatable bonds is 32. The van der Waals surface area contributed by atoms with Gasteiger partial charge >= 0.3 is 39.0 Å². The van der Waals surface area contributed by atoms with Crippen LogP contribution in [0, 0.1) is 0 Å². The molecule has 240 valence electrons. The first-order valence-corrected chi connectivity index (χ1v) is 17.9. The molecular weight excluding hydrogens is 627 g/mol. The maximum absolute atomic E-state index is 10.2. The number of carbonyl (C=O) groups is 2. The summed E-state index contributed by atoms with van der Waals surface area (Å²) in [4.78, 5) is 20.4. The normalized spacial score (nSPS) is 10.3. The zero-order valence-electron chi connectivity index (χ0n) is 28.7. The summed E-state index contributed by atoms with van der Waals surface area (Å²) in [6.45, 7) is 4.53. The first kappa shape index (κ1) is 49.1. The van der Waals surface area contributed by atoms with Crippen molar-refractivity contribution < 1.29 is 58.8 Å².